The predicted molar refractivity (Wildman–Crippen MR) is 62.8 cm³/mol. The summed E-state index contributed by atoms with van der Waals surface area (Å²) in [7, 11) is 0. The molecule has 1 heterocycles. The van der Waals surface area contributed by atoms with Gasteiger partial charge >= 0.3 is 0 Å². The van der Waals surface area contributed by atoms with Crippen molar-refractivity contribution in [2.75, 3.05) is 5.32 Å². The average Bonchev–Trinajstić information content (AvgIpc) is 2.92. The molecule has 2 nitrogen and oxygen atoms in total. The molecular weight excluding hydrogens is 263 g/mol. The molecule has 4 heteroatoms. The highest BCUT2D eigenvalue weighted by Crippen LogP contribution is 2.34. The lowest BCUT2D eigenvalue weighted by molar-refractivity contribution is 0.690. The zero-order valence-electron chi connectivity index (χ0n) is 7.93. The van der Waals surface area contributed by atoms with Crippen molar-refractivity contribution in [2.45, 2.75) is 25.8 Å². The molecule has 0 spiro atoms. The second kappa shape index (κ2) is 4.07. The molecule has 1 aromatic heterocycles. The molecule has 1 aliphatic rings. The minimum absolute atomic E-state index is 0.500. The van der Waals surface area contributed by atoms with Gasteiger partial charge < -0.3 is 5.32 Å². The zero-order chi connectivity index (χ0) is 10.1. The number of hydrogen-bond acceptors (Lipinski definition) is 2. The number of nitrogens with one attached hydrogen (secondary N) is 1. The van der Waals surface area contributed by atoms with Crippen molar-refractivity contribution in [1.29, 1.82) is 0 Å². The summed E-state index contributed by atoms with van der Waals surface area (Å²) in [6.45, 7) is 2.19. The van der Waals surface area contributed by atoms with E-state index in [-0.39, 0.29) is 0 Å². The molecule has 1 aliphatic carbocycles. The van der Waals surface area contributed by atoms with Crippen molar-refractivity contribution in [1.82, 2.24) is 4.98 Å². The second-order valence-corrected chi connectivity index (χ2v) is 5.05. The summed E-state index contributed by atoms with van der Waals surface area (Å²) in [6.07, 6.45) is 4.33. The Labute approximate surface area is 97.2 Å². The summed E-state index contributed by atoms with van der Waals surface area (Å²) in [5, 5.41) is 4.04. The van der Waals surface area contributed by atoms with Gasteiger partial charge in [-0.25, -0.2) is 4.98 Å². The smallest absolute Gasteiger partial charge is 0.140 e. The Morgan fingerprint density at radius 1 is 1.64 bits per heavy atom. The van der Waals surface area contributed by atoms with Crippen molar-refractivity contribution in [3.63, 3.8) is 0 Å². The fourth-order valence-electron chi connectivity index (χ4n) is 1.45. The molecule has 0 amide bonds. The van der Waals surface area contributed by atoms with E-state index in [9.17, 15) is 0 Å². The quantitative estimate of drug-likeness (QED) is 0.909. The number of nitrogens with zero attached hydrogens (tertiary/aromatic N) is 1. The van der Waals surface area contributed by atoms with Crippen LogP contribution in [-0.2, 0) is 0 Å². The van der Waals surface area contributed by atoms with Gasteiger partial charge in [0, 0.05) is 12.2 Å². The lowest BCUT2D eigenvalue weighted by atomic mass is 10.2. The highest BCUT2D eigenvalue weighted by atomic mass is 79.9. The van der Waals surface area contributed by atoms with Crippen LogP contribution in [-0.4, -0.2) is 11.0 Å². The summed E-state index contributed by atoms with van der Waals surface area (Å²) < 4.78 is 0.928. The third-order valence-electron chi connectivity index (χ3n) is 2.50. The molecule has 14 heavy (non-hydrogen) atoms. The second-order valence-electron chi connectivity index (χ2n) is 3.75. The van der Waals surface area contributed by atoms with Gasteiger partial charge in [-0.2, -0.15) is 0 Å². The van der Waals surface area contributed by atoms with Crippen molar-refractivity contribution < 1.29 is 0 Å². The van der Waals surface area contributed by atoms with Crippen LogP contribution in [0.3, 0.4) is 0 Å². The van der Waals surface area contributed by atoms with Crippen LogP contribution in [0, 0.1) is 5.92 Å². The Bertz CT molecular complexity index is 339. The molecule has 76 valence electrons. The molecule has 1 aromatic rings. The molecule has 1 saturated carbocycles. The molecule has 0 aromatic carbocycles. The maximum absolute atomic E-state index is 5.81. The Morgan fingerprint density at radius 2 is 2.36 bits per heavy atom. The summed E-state index contributed by atoms with van der Waals surface area (Å²) >= 11 is 9.24. The molecule has 0 aliphatic heterocycles. The number of halogens is 2. The van der Waals surface area contributed by atoms with Crippen LogP contribution in [0.25, 0.3) is 0 Å². The van der Waals surface area contributed by atoms with Gasteiger partial charge in [0.2, 0.25) is 0 Å². The van der Waals surface area contributed by atoms with E-state index in [4.69, 9.17) is 11.6 Å². The van der Waals surface area contributed by atoms with Crippen molar-refractivity contribution in [3.8, 4) is 0 Å². The first-order chi connectivity index (χ1) is 6.66. The summed E-state index contributed by atoms with van der Waals surface area (Å²) in [4.78, 5) is 4.24. The van der Waals surface area contributed by atoms with E-state index in [1.807, 2.05) is 6.07 Å². The Kier molecular flexibility index (Phi) is 2.98. The van der Waals surface area contributed by atoms with E-state index in [0.29, 0.717) is 11.1 Å². The minimum Gasteiger partial charge on any atom is -0.366 e. The van der Waals surface area contributed by atoms with Gasteiger partial charge in [-0.05, 0) is 47.7 Å². The van der Waals surface area contributed by atoms with Gasteiger partial charge in [0.15, 0.2) is 0 Å². The van der Waals surface area contributed by atoms with Gasteiger partial charge in [0.1, 0.15) is 5.82 Å². The monoisotopic (exact) mass is 274 g/mol. The summed E-state index contributed by atoms with van der Waals surface area (Å²) in [5.74, 6) is 1.70. The molecular formula is C10H12BrClN2. The van der Waals surface area contributed by atoms with Crippen LogP contribution in [0.2, 0.25) is 5.02 Å². The molecule has 1 unspecified atom stereocenters. The van der Waals surface area contributed by atoms with E-state index in [1.165, 1.54) is 12.8 Å². The molecule has 2 rings (SSSR count). The van der Waals surface area contributed by atoms with E-state index >= 15 is 0 Å². The molecule has 0 saturated heterocycles. The lowest BCUT2D eigenvalue weighted by Gasteiger charge is -2.14. The average molecular weight is 276 g/mol. The maximum Gasteiger partial charge on any atom is 0.140 e. The first kappa shape index (κ1) is 10.2. The predicted octanol–water partition coefficient (Wildman–Crippen LogP) is 3.71. The number of anilines is 1. The van der Waals surface area contributed by atoms with Crippen LogP contribution < -0.4 is 5.32 Å². The van der Waals surface area contributed by atoms with E-state index in [1.54, 1.807) is 6.20 Å². The standard InChI is InChI=1S/C10H12BrClN2/c1-6(7-2-3-7)14-10-9(11)4-8(12)5-13-10/h4-7H,2-3H2,1H3,(H,13,14). The van der Waals surface area contributed by atoms with Crippen LogP contribution in [0.4, 0.5) is 5.82 Å². The number of hydrogen-bond donors (Lipinski definition) is 1. The fourth-order valence-corrected chi connectivity index (χ4v) is 2.20. The zero-order valence-corrected chi connectivity index (χ0v) is 10.3. The van der Waals surface area contributed by atoms with Crippen LogP contribution in [0.1, 0.15) is 19.8 Å². The summed E-state index contributed by atoms with van der Waals surface area (Å²) in [5.41, 5.74) is 0. The van der Waals surface area contributed by atoms with Crippen LogP contribution >= 0.6 is 27.5 Å². The molecule has 1 N–H and O–H groups in total. The van der Waals surface area contributed by atoms with Crippen LogP contribution in [0.15, 0.2) is 16.7 Å². The fraction of sp³-hybridized carbons (Fsp3) is 0.500. The number of pyridine rings is 1. The first-order valence-electron chi connectivity index (χ1n) is 4.74. The maximum atomic E-state index is 5.81. The van der Waals surface area contributed by atoms with E-state index in [0.717, 1.165) is 16.2 Å². The number of rotatable bonds is 3. The van der Waals surface area contributed by atoms with Gasteiger partial charge in [0.25, 0.3) is 0 Å². The largest absolute Gasteiger partial charge is 0.366 e. The molecule has 1 fully saturated rings. The van der Waals surface area contributed by atoms with Gasteiger partial charge in [-0.3, -0.25) is 0 Å². The Morgan fingerprint density at radius 3 is 2.93 bits per heavy atom. The topological polar surface area (TPSA) is 24.9 Å². The molecule has 0 bridgehead atoms. The van der Waals surface area contributed by atoms with Crippen LogP contribution in [0.5, 0.6) is 0 Å². The van der Waals surface area contributed by atoms with Crippen molar-refractivity contribution in [2.24, 2.45) is 5.92 Å². The van der Waals surface area contributed by atoms with E-state index in [2.05, 4.69) is 33.2 Å². The lowest BCUT2D eigenvalue weighted by Crippen LogP contribution is -2.18. The minimum atomic E-state index is 0.500. The Hall–Kier alpha value is -0.280. The first-order valence-corrected chi connectivity index (χ1v) is 5.91. The van der Waals surface area contributed by atoms with Crippen molar-refractivity contribution in [3.05, 3.63) is 21.8 Å². The van der Waals surface area contributed by atoms with E-state index < -0.39 is 0 Å². The molecule has 0 radical (unpaired) electrons. The SMILES string of the molecule is CC(Nc1ncc(Cl)cc1Br)C1CC1. The normalized spacial score (nSPS) is 17.9. The highest BCUT2D eigenvalue weighted by molar-refractivity contribution is 9.10. The third kappa shape index (κ3) is 2.39. The van der Waals surface area contributed by atoms with Gasteiger partial charge in [-0.15, -0.1) is 0 Å². The third-order valence-corrected chi connectivity index (χ3v) is 3.31. The summed E-state index contributed by atoms with van der Waals surface area (Å²) in [6, 6.07) is 2.36. The molecule has 1 atom stereocenters. The van der Waals surface area contributed by atoms with Gasteiger partial charge in [0.05, 0.1) is 9.50 Å². The Balaban J connectivity index is 2.07. The number of aromatic nitrogens is 1. The van der Waals surface area contributed by atoms with Crippen molar-refractivity contribution >= 4 is 33.3 Å². The highest BCUT2D eigenvalue weighted by Gasteiger charge is 2.28. The van der Waals surface area contributed by atoms with Gasteiger partial charge in [-0.1, -0.05) is 11.6 Å².